The SMILES string of the molecule is Nc1nc(NC2CCOCC2)c(N=O)c(-c2ccccc2Cl)n1. The number of benzene rings is 1. The molecule has 3 N–H and O–H groups in total. The summed E-state index contributed by atoms with van der Waals surface area (Å²) in [5.74, 6) is 0.385. The van der Waals surface area contributed by atoms with Gasteiger partial charge in [0.2, 0.25) is 5.95 Å². The Bertz CT molecular complexity index is 719. The Balaban J connectivity index is 2.03. The van der Waals surface area contributed by atoms with E-state index in [1.165, 1.54) is 0 Å². The number of nitrogen functional groups attached to an aromatic ring is 1. The average Bonchev–Trinajstić information content (AvgIpc) is 2.56. The van der Waals surface area contributed by atoms with Crippen LogP contribution in [0.2, 0.25) is 5.02 Å². The van der Waals surface area contributed by atoms with Gasteiger partial charge in [-0.3, -0.25) is 0 Å². The highest BCUT2D eigenvalue weighted by atomic mass is 35.5. The van der Waals surface area contributed by atoms with Gasteiger partial charge in [-0.15, -0.1) is 4.91 Å². The van der Waals surface area contributed by atoms with Crippen LogP contribution in [0.25, 0.3) is 11.3 Å². The van der Waals surface area contributed by atoms with Crippen LogP contribution in [0, 0.1) is 4.91 Å². The third kappa shape index (κ3) is 3.40. The number of anilines is 2. The van der Waals surface area contributed by atoms with Crippen molar-refractivity contribution in [1.29, 1.82) is 0 Å². The molecule has 0 aliphatic carbocycles. The Morgan fingerprint density at radius 3 is 2.70 bits per heavy atom. The fourth-order valence-electron chi connectivity index (χ4n) is 2.54. The molecular weight excluding hydrogens is 318 g/mol. The summed E-state index contributed by atoms with van der Waals surface area (Å²) in [5.41, 5.74) is 6.83. The van der Waals surface area contributed by atoms with Crippen LogP contribution in [0.1, 0.15) is 12.8 Å². The monoisotopic (exact) mass is 333 g/mol. The molecule has 1 fully saturated rings. The van der Waals surface area contributed by atoms with Crippen molar-refractivity contribution in [2.45, 2.75) is 18.9 Å². The van der Waals surface area contributed by atoms with Gasteiger partial charge in [-0.2, -0.15) is 4.98 Å². The smallest absolute Gasteiger partial charge is 0.222 e. The maximum Gasteiger partial charge on any atom is 0.222 e. The summed E-state index contributed by atoms with van der Waals surface area (Å²) in [6, 6.07) is 7.23. The molecule has 0 spiro atoms. The maximum atomic E-state index is 11.4. The first-order valence-corrected chi connectivity index (χ1v) is 7.67. The molecule has 7 nitrogen and oxygen atoms in total. The van der Waals surface area contributed by atoms with E-state index in [9.17, 15) is 4.91 Å². The van der Waals surface area contributed by atoms with Gasteiger partial charge in [-0.25, -0.2) is 4.98 Å². The number of halogens is 1. The molecule has 120 valence electrons. The molecule has 0 bridgehead atoms. The Morgan fingerprint density at radius 2 is 2.00 bits per heavy atom. The van der Waals surface area contributed by atoms with Gasteiger partial charge in [0.25, 0.3) is 0 Å². The van der Waals surface area contributed by atoms with Gasteiger partial charge >= 0.3 is 0 Å². The Morgan fingerprint density at radius 1 is 1.26 bits per heavy atom. The van der Waals surface area contributed by atoms with E-state index in [1.54, 1.807) is 24.3 Å². The predicted octanol–water partition coefficient (Wildman–Crippen LogP) is 3.37. The van der Waals surface area contributed by atoms with Gasteiger partial charge < -0.3 is 15.8 Å². The van der Waals surface area contributed by atoms with Crippen molar-refractivity contribution >= 4 is 29.1 Å². The van der Waals surface area contributed by atoms with Crippen LogP contribution < -0.4 is 11.1 Å². The molecular formula is C15H16ClN5O2. The normalized spacial score (nSPS) is 15.3. The second-order valence-corrected chi connectivity index (χ2v) is 5.64. The van der Waals surface area contributed by atoms with Gasteiger partial charge in [0.05, 0.1) is 5.02 Å². The molecule has 0 amide bonds. The highest BCUT2D eigenvalue weighted by molar-refractivity contribution is 6.33. The molecule has 0 radical (unpaired) electrons. The Hall–Kier alpha value is -2.25. The minimum atomic E-state index is 0.0573. The first kappa shape index (κ1) is 15.6. The number of nitrogens with one attached hydrogen (secondary N) is 1. The topological polar surface area (TPSA) is 102 Å². The molecule has 1 aliphatic heterocycles. The predicted molar refractivity (Wildman–Crippen MR) is 89.8 cm³/mol. The van der Waals surface area contributed by atoms with E-state index in [4.69, 9.17) is 22.1 Å². The largest absolute Gasteiger partial charge is 0.381 e. The highest BCUT2D eigenvalue weighted by Gasteiger charge is 2.21. The molecule has 1 aromatic carbocycles. The van der Waals surface area contributed by atoms with Crippen molar-refractivity contribution in [3.05, 3.63) is 34.2 Å². The molecule has 0 unspecified atom stereocenters. The Labute approximate surface area is 138 Å². The molecule has 2 heterocycles. The number of hydrogen-bond donors (Lipinski definition) is 2. The number of nitrogens with two attached hydrogens (primary N) is 1. The lowest BCUT2D eigenvalue weighted by molar-refractivity contribution is 0.0904. The second-order valence-electron chi connectivity index (χ2n) is 5.23. The fourth-order valence-corrected chi connectivity index (χ4v) is 2.76. The quantitative estimate of drug-likeness (QED) is 0.831. The summed E-state index contributed by atoms with van der Waals surface area (Å²) in [5, 5.41) is 6.80. The van der Waals surface area contributed by atoms with Crippen molar-refractivity contribution in [3.8, 4) is 11.3 Å². The molecule has 1 aliphatic rings. The van der Waals surface area contributed by atoms with Crippen LogP contribution in [0.3, 0.4) is 0 Å². The summed E-state index contributed by atoms with van der Waals surface area (Å²) >= 11 is 6.20. The fraction of sp³-hybridized carbons (Fsp3) is 0.333. The molecule has 1 saturated heterocycles. The summed E-state index contributed by atoms with van der Waals surface area (Å²) in [7, 11) is 0. The van der Waals surface area contributed by atoms with E-state index in [0.29, 0.717) is 35.3 Å². The number of aromatic nitrogens is 2. The number of ether oxygens (including phenoxy) is 1. The van der Waals surface area contributed by atoms with Crippen LogP contribution in [-0.2, 0) is 4.74 Å². The van der Waals surface area contributed by atoms with Crippen molar-refractivity contribution in [2.24, 2.45) is 5.18 Å². The van der Waals surface area contributed by atoms with Crippen molar-refractivity contribution < 1.29 is 4.74 Å². The van der Waals surface area contributed by atoms with E-state index < -0.39 is 0 Å². The minimum Gasteiger partial charge on any atom is -0.381 e. The maximum absolute atomic E-state index is 11.4. The Kier molecular flexibility index (Phi) is 4.68. The molecule has 8 heteroatoms. The van der Waals surface area contributed by atoms with Gasteiger partial charge in [-0.1, -0.05) is 29.8 Å². The molecule has 2 aromatic rings. The molecule has 1 aromatic heterocycles. The molecule has 0 atom stereocenters. The second kappa shape index (κ2) is 6.89. The lowest BCUT2D eigenvalue weighted by Gasteiger charge is -2.24. The first-order valence-electron chi connectivity index (χ1n) is 7.29. The van der Waals surface area contributed by atoms with Crippen LogP contribution in [-0.4, -0.2) is 29.2 Å². The first-order chi connectivity index (χ1) is 11.2. The summed E-state index contributed by atoms with van der Waals surface area (Å²) < 4.78 is 5.33. The highest BCUT2D eigenvalue weighted by Crippen LogP contribution is 2.38. The number of nitroso groups, excluding NO2 is 1. The van der Waals surface area contributed by atoms with Gasteiger partial charge in [0, 0.05) is 24.8 Å². The lowest BCUT2D eigenvalue weighted by Crippen LogP contribution is -2.28. The molecule has 23 heavy (non-hydrogen) atoms. The zero-order chi connectivity index (χ0) is 16.2. The summed E-state index contributed by atoms with van der Waals surface area (Å²) in [6.45, 7) is 1.33. The van der Waals surface area contributed by atoms with Crippen molar-refractivity contribution in [2.75, 3.05) is 24.3 Å². The third-order valence-corrected chi connectivity index (χ3v) is 4.01. The van der Waals surface area contributed by atoms with Gasteiger partial charge in [-0.05, 0) is 24.1 Å². The van der Waals surface area contributed by atoms with Crippen LogP contribution in [0.15, 0.2) is 29.4 Å². The van der Waals surface area contributed by atoms with Gasteiger partial charge in [0.15, 0.2) is 11.5 Å². The third-order valence-electron chi connectivity index (χ3n) is 3.68. The van der Waals surface area contributed by atoms with Crippen LogP contribution >= 0.6 is 11.6 Å². The summed E-state index contributed by atoms with van der Waals surface area (Å²) in [6.07, 6.45) is 1.65. The zero-order valence-electron chi connectivity index (χ0n) is 12.3. The van der Waals surface area contributed by atoms with Crippen LogP contribution in [0.5, 0.6) is 0 Å². The number of rotatable bonds is 4. The van der Waals surface area contributed by atoms with E-state index in [1.807, 2.05) is 0 Å². The number of hydrogen-bond acceptors (Lipinski definition) is 7. The molecule has 0 saturated carbocycles. The van der Waals surface area contributed by atoms with E-state index in [2.05, 4.69) is 20.5 Å². The average molecular weight is 334 g/mol. The zero-order valence-corrected chi connectivity index (χ0v) is 13.1. The van der Waals surface area contributed by atoms with Gasteiger partial charge in [0.1, 0.15) is 5.69 Å². The lowest BCUT2D eigenvalue weighted by atomic mass is 10.1. The van der Waals surface area contributed by atoms with E-state index in [-0.39, 0.29) is 17.7 Å². The number of nitrogens with zero attached hydrogens (tertiary/aromatic N) is 3. The van der Waals surface area contributed by atoms with E-state index >= 15 is 0 Å². The van der Waals surface area contributed by atoms with Crippen molar-refractivity contribution in [3.63, 3.8) is 0 Å². The standard InChI is InChI=1S/C15H16ClN5O2/c16-11-4-2-1-3-10(11)12-13(21-22)14(20-15(17)19-12)18-9-5-7-23-8-6-9/h1-4,9H,5-8H2,(H3,17,18,19,20). The molecule has 3 rings (SSSR count). The van der Waals surface area contributed by atoms with E-state index in [0.717, 1.165) is 12.8 Å². The van der Waals surface area contributed by atoms with Crippen LogP contribution in [0.4, 0.5) is 17.5 Å². The van der Waals surface area contributed by atoms with Crippen molar-refractivity contribution in [1.82, 2.24) is 9.97 Å². The minimum absolute atomic E-state index is 0.0573. The summed E-state index contributed by atoms with van der Waals surface area (Å²) in [4.78, 5) is 19.7.